The van der Waals surface area contributed by atoms with Crippen molar-refractivity contribution in [3.8, 4) is 11.3 Å². The number of aliphatic hydroxyl groups is 1. The third-order valence-electron chi connectivity index (χ3n) is 5.09. The second-order valence-electron chi connectivity index (χ2n) is 6.59. The zero-order valence-electron chi connectivity index (χ0n) is 13.4. The highest BCUT2D eigenvalue weighted by atomic mass is 16.3. The molecule has 0 amide bonds. The van der Waals surface area contributed by atoms with E-state index in [2.05, 4.69) is 26.5 Å². The van der Waals surface area contributed by atoms with E-state index in [1.807, 2.05) is 34.6 Å². The zero-order chi connectivity index (χ0) is 16.3. The molecule has 3 aromatic heterocycles. The first-order valence-electron chi connectivity index (χ1n) is 8.24. The van der Waals surface area contributed by atoms with Crippen LogP contribution in [0.3, 0.4) is 0 Å². The van der Waals surface area contributed by atoms with Crippen LogP contribution in [0.15, 0.2) is 31.0 Å². The lowest BCUT2D eigenvalue weighted by Gasteiger charge is -2.44. The first kappa shape index (κ1) is 13.9. The summed E-state index contributed by atoms with van der Waals surface area (Å²) >= 11 is 0. The van der Waals surface area contributed by atoms with E-state index in [0.717, 1.165) is 35.8 Å². The molecule has 24 heavy (non-hydrogen) atoms. The molecule has 8 heteroatoms. The molecule has 5 heterocycles. The monoisotopic (exact) mass is 325 g/mol. The second-order valence-corrected chi connectivity index (χ2v) is 6.59. The molecule has 0 aliphatic carbocycles. The second kappa shape index (κ2) is 5.02. The standard InChI is InChI=1S/C16H19N7O/c1-10-14(24)9-22(10)16-15-18-2-3-21(15)8-13(20-16)11-4-19-23(7-11)12-5-17-6-12/h2-4,7-8,10,12,14,17,24H,5-6,9H2,1H3/t10-,14+/m0/s1. The van der Waals surface area contributed by atoms with Crippen LogP contribution in [-0.4, -0.2) is 61.0 Å². The zero-order valence-corrected chi connectivity index (χ0v) is 13.4. The molecule has 0 aromatic carbocycles. The van der Waals surface area contributed by atoms with Crippen molar-refractivity contribution in [3.05, 3.63) is 31.0 Å². The molecule has 2 fully saturated rings. The van der Waals surface area contributed by atoms with Crippen molar-refractivity contribution >= 4 is 11.5 Å². The van der Waals surface area contributed by atoms with Gasteiger partial charge in [0.25, 0.3) is 0 Å². The lowest BCUT2D eigenvalue weighted by molar-refractivity contribution is 0.0989. The molecule has 2 aliphatic heterocycles. The minimum Gasteiger partial charge on any atom is -0.389 e. The Bertz CT molecular complexity index is 897. The van der Waals surface area contributed by atoms with Gasteiger partial charge in [-0.15, -0.1) is 0 Å². The minimum atomic E-state index is -0.306. The van der Waals surface area contributed by atoms with Gasteiger partial charge < -0.3 is 19.7 Å². The van der Waals surface area contributed by atoms with E-state index >= 15 is 0 Å². The average Bonchev–Trinajstić information content (AvgIpc) is 3.18. The first-order chi connectivity index (χ1) is 11.7. The highest BCUT2D eigenvalue weighted by Gasteiger charge is 2.36. The highest BCUT2D eigenvalue weighted by molar-refractivity contribution is 5.71. The van der Waals surface area contributed by atoms with Crippen LogP contribution < -0.4 is 10.2 Å². The maximum Gasteiger partial charge on any atom is 0.180 e. The van der Waals surface area contributed by atoms with Gasteiger partial charge >= 0.3 is 0 Å². The number of rotatable bonds is 3. The quantitative estimate of drug-likeness (QED) is 0.721. The Balaban J connectivity index is 1.57. The van der Waals surface area contributed by atoms with Crippen LogP contribution in [0, 0.1) is 0 Å². The van der Waals surface area contributed by atoms with Crippen molar-refractivity contribution in [3.63, 3.8) is 0 Å². The molecule has 2 atom stereocenters. The van der Waals surface area contributed by atoms with Crippen LogP contribution in [0.5, 0.6) is 0 Å². The van der Waals surface area contributed by atoms with Gasteiger partial charge in [-0.2, -0.15) is 5.10 Å². The number of hydrogen-bond donors (Lipinski definition) is 2. The van der Waals surface area contributed by atoms with Gasteiger partial charge in [-0.3, -0.25) is 4.68 Å². The Labute approximate surface area is 138 Å². The number of aliphatic hydroxyl groups excluding tert-OH is 1. The van der Waals surface area contributed by atoms with Gasteiger partial charge in [-0.05, 0) is 6.92 Å². The molecule has 5 rings (SSSR count). The summed E-state index contributed by atoms with van der Waals surface area (Å²) in [7, 11) is 0. The molecule has 0 radical (unpaired) electrons. The fourth-order valence-corrected chi connectivity index (χ4v) is 3.25. The molecule has 0 saturated carbocycles. The summed E-state index contributed by atoms with van der Waals surface area (Å²) < 4.78 is 3.98. The third kappa shape index (κ3) is 1.96. The summed E-state index contributed by atoms with van der Waals surface area (Å²) in [6.07, 6.45) is 9.28. The predicted octanol–water partition coefficient (Wildman–Crippen LogP) is 0.306. The van der Waals surface area contributed by atoms with Gasteiger partial charge in [-0.1, -0.05) is 0 Å². The maximum atomic E-state index is 9.84. The van der Waals surface area contributed by atoms with E-state index in [0.29, 0.717) is 12.6 Å². The Hall–Kier alpha value is -2.45. The minimum absolute atomic E-state index is 0.0528. The lowest BCUT2D eigenvalue weighted by atomic mass is 10.0. The Morgan fingerprint density at radius 2 is 2.17 bits per heavy atom. The number of β-amino-alcohol motifs (C(OH)–C–C–N with tert-alkyl or cyclic N) is 1. The topological polar surface area (TPSA) is 83.5 Å². The summed E-state index contributed by atoms with van der Waals surface area (Å²) in [5, 5.41) is 17.6. The van der Waals surface area contributed by atoms with Crippen LogP contribution in [0.2, 0.25) is 0 Å². The van der Waals surface area contributed by atoms with Crippen molar-refractivity contribution in [2.24, 2.45) is 0 Å². The van der Waals surface area contributed by atoms with E-state index in [1.54, 1.807) is 6.20 Å². The van der Waals surface area contributed by atoms with E-state index in [1.165, 1.54) is 0 Å². The molecule has 0 spiro atoms. The van der Waals surface area contributed by atoms with Crippen LogP contribution in [0.1, 0.15) is 13.0 Å². The van der Waals surface area contributed by atoms with Crippen molar-refractivity contribution in [2.75, 3.05) is 24.5 Å². The molecule has 0 bridgehead atoms. The van der Waals surface area contributed by atoms with Crippen LogP contribution in [-0.2, 0) is 0 Å². The van der Waals surface area contributed by atoms with Crippen molar-refractivity contribution in [1.82, 2.24) is 29.5 Å². The van der Waals surface area contributed by atoms with Gasteiger partial charge in [-0.25, -0.2) is 9.97 Å². The van der Waals surface area contributed by atoms with Crippen molar-refractivity contribution < 1.29 is 5.11 Å². The third-order valence-corrected chi connectivity index (χ3v) is 5.09. The van der Waals surface area contributed by atoms with Gasteiger partial charge in [0.15, 0.2) is 11.5 Å². The number of nitrogens with one attached hydrogen (secondary N) is 1. The first-order valence-corrected chi connectivity index (χ1v) is 8.24. The molecule has 124 valence electrons. The molecular weight excluding hydrogens is 306 g/mol. The van der Waals surface area contributed by atoms with Gasteiger partial charge in [0.2, 0.25) is 0 Å². The summed E-state index contributed by atoms with van der Waals surface area (Å²) in [6, 6.07) is 0.484. The number of aromatic nitrogens is 5. The molecule has 3 aromatic rings. The molecule has 2 saturated heterocycles. The summed E-state index contributed by atoms with van der Waals surface area (Å²) in [5.74, 6) is 0.813. The molecule has 8 nitrogen and oxygen atoms in total. The SMILES string of the molecule is C[C@H]1[C@H](O)CN1c1nc(-c2cnn(C3CNC3)c2)cn2ccnc12. The number of anilines is 1. The molecular formula is C16H19N7O. The smallest absolute Gasteiger partial charge is 0.180 e. The van der Waals surface area contributed by atoms with E-state index in [9.17, 15) is 5.11 Å². The summed E-state index contributed by atoms with van der Waals surface area (Å²) in [4.78, 5) is 11.3. The molecule has 2 N–H and O–H groups in total. The van der Waals surface area contributed by atoms with E-state index in [-0.39, 0.29) is 12.1 Å². The summed E-state index contributed by atoms with van der Waals surface area (Å²) in [6.45, 7) is 4.52. The number of fused-ring (bicyclic) bond motifs is 1. The predicted molar refractivity (Wildman–Crippen MR) is 88.9 cm³/mol. The van der Waals surface area contributed by atoms with Gasteiger partial charge in [0.1, 0.15) is 0 Å². The maximum absolute atomic E-state index is 9.84. The van der Waals surface area contributed by atoms with Gasteiger partial charge in [0.05, 0.1) is 30.1 Å². The lowest BCUT2D eigenvalue weighted by Crippen LogP contribution is -2.59. The molecule has 2 aliphatic rings. The Kier molecular flexibility index (Phi) is 2.92. The largest absolute Gasteiger partial charge is 0.389 e. The summed E-state index contributed by atoms with van der Waals surface area (Å²) in [5.41, 5.74) is 2.67. The Morgan fingerprint density at radius 1 is 1.29 bits per heavy atom. The Morgan fingerprint density at radius 3 is 2.88 bits per heavy atom. The van der Waals surface area contributed by atoms with Crippen LogP contribution in [0.4, 0.5) is 5.82 Å². The van der Waals surface area contributed by atoms with E-state index in [4.69, 9.17) is 4.98 Å². The van der Waals surface area contributed by atoms with Crippen LogP contribution >= 0.6 is 0 Å². The fraction of sp³-hybridized carbons (Fsp3) is 0.438. The normalized spacial score (nSPS) is 24.2. The van der Waals surface area contributed by atoms with Gasteiger partial charge in [0, 0.05) is 50.0 Å². The highest BCUT2D eigenvalue weighted by Crippen LogP contribution is 2.30. The molecule has 0 unspecified atom stereocenters. The average molecular weight is 325 g/mol. The van der Waals surface area contributed by atoms with Crippen molar-refractivity contribution in [2.45, 2.75) is 25.1 Å². The fourth-order valence-electron chi connectivity index (χ4n) is 3.25. The van der Waals surface area contributed by atoms with Crippen molar-refractivity contribution in [1.29, 1.82) is 0 Å². The number of nitrogens with zero attached hydrogens (tertiary/aromatic N) is 6. The van der Waals surface area contributed by atoms with Crippen LogP contribution in [0.25, 0.3) is 16.9 Å². The van der Waals surface area contributed by atoms with E-state index < -0.39 is 0 Å². The number of imidazole rings is 1. The number of hydrogen-bond acceptors (Lipinski definition) is 6.